The number of hydrogen-bond donors (Lipinski definition) is 0. The van der Waals surface area contributed by atoms with E-state index in [-0.39, 0.29) is 21.4 Å². The number of nitriles is 1. The lowest BCUT2D eigenvalue weighted by Crippen LogP contribution is -2.38. The van der Waals surface area contributed by atoms with Crippen molar-refractivity contribution in [2.45, 2.75) is 30.2 Å². The molecule has 1 fully saturated rings. The molecule has 1 aliphatic heterocycles. The molecular weight excluding hydrogens is 412 g/mol. The molecule has 0 saturated carbocycles. The summed E-state index contributed by atoms with van der Waals surface area (Å²) in [6, 6.07) is 14.9. The molecule has 1 aromatic heterocycles. The summed E-state index contributed by atoms with van der Waals surface area (Å²) >= 11 is 6.05. The van der Waals surface area contributed by atoms with Crippen LogP contribution in [0.5, 0.6) is 0 Å². The van der Waals surface area contributed by atoms with Crippen molar-refractivity contribution < 1.29 is 12.9 Å². The van der Waals surface area contributed by atoms with E-state index in [1.165, 1.54) is 22.5 Å². The van der Waals surface area contributed by atoms with Crippen LogP contribution in [0.3, 0.4) is 0 Å². The molecule has 29 heavy (non-hydrogen) atoms. The van der Waals surface area contributed by atoms with E-state index in [9.17, 15) is 8.42 Å². The number of aromatic nitrogens is 2. The molecule has 0 spiro atoms. The number of nitrogens with zero attached hydrogens (tertiary/aromatic N) is 4. The van der Waals surface area contributed by atoms with Crippen molar-refractivity contribution in [2.75, 3.05) is 6.54 Å². The van der Waals surface area contributed by atoms with Gasteiger partial charge in [-0.15, -0.1) is 0 Å². The number of piperidine rings is 1. The second kappa shape index (κ2) is 7.95. The molecule has 0 amide bonds. The summed E-state index contributed by atoms with van der Waals surface area (Å²) in [4.78, 5) is 4.49. The maximum Gasteiger partial charge on any atom is 0.245 e. The fraction of sp³-hybridized carbons (Fsp3) is 0.250. The Bertz CT molecular complexity index is 1170. The van der Waals surface area contributed by atoms with Gasteiger partial charge in [-0.3, -0.25) is 0 Å². The molecule has 1 saturated heterocycles. The van der Waals surface area contributed by atoms with Gasteiger partial charge in [0.15, 0.2) is 0 Å². The maximum absolute atomic E-state index is 13.3. The third-order valence-corrected chi connectivity index (χ3v) is 7.10. The van der Waals surface area contributed by atoms with E-state index in [1.807, 2.05) is 36.4 Å². The minimum Gasteiger partial charge on any atom is -0.337 e. The number of rotatable bonds is 4. The first-order valence-electron chi connectivity index (χ1n) is 9.11. The maximum atomic E-state index is 13.3. The van der Waals surface area contributed by atoms with Crippen molar-refractivity contribution in [2.24, 2.45) is 0 Å². The largest absolute Gasteiger partial charge is 0.337 e. The molecule has 2 aromatic carbocycles. The van der Waals surface area contributed by atoms with Crippen molar-refractivity contribution in [1.29, 1.82) is 5.26 Å². The van der Waals surface area contributed by atoms with Crippen LogP contribution in [-0.4, -0.2) is 29.4 Å². The molecule has 2 heterocycles. The van der Waals surface area contributed by atoms with Gasteiger partial charge in [-0.25, -0.2) is 8.42 Å². The highest BCUT2D eigenvalue weighted by molar-refractivity contribution is 7.89. The van der Waals surface area contributed by atoms with Crippen molar-refractivity contribution in [1.82, 2.24) is 14.4 Å². The summed E-state index contributed by atoms with van der Waals surface area (Å²) in [5.41, 5.74) is 1.02. The van der Waals surface area contributed by atoms with Crippen LogP contribution in [0.4, 0.5) is 0 Å². The minimum absolute atomic E-state index is 0.0381. The monoisotopic (exact) mass is 428 g/mol. The van der Waals surface area contributed by atoms with Gasteiger partial charge in [-0.1, -0.05) is 53.5 Å². The Balaban J connectivity index is 1.68. The normalized spacial score (nSPS) is 17.7. The molecule has 1 unspecified atom stereocenters. The fourth-order valence-electron chi connectivity index (χ4n) is 3.40. The van der Waals surface area contributed by atoms with Gasteiger partial charge in [0, 0.05) is 12.1 Å². The second-order valence-corrected chi connectivity index (χ2v) is 9.00. The highest BCUT2D eigenvalue weighted by atomic mass is 35.5. The zero-order valence-electron chi connectivity index (χ0n) is 15.3. The predicted octanol–water partition coefficient (Wildman–Crippen LogP) is 4.18. The molecule has 1 aliphatic rings. The van der Waals surface area contributed by atoms with E-state index in [2.05, 4.69) is 10.1 Å². The Labute approximate surface area is 173 Å². The van der Waals surface area contributed by atoms with Gasteiger partial charge in [0.05, 0.1) is 15.5 Å². The SMILES string of the molecule is N#Cc1ccc(S(=O)(=O)N2CCCCC2c2nc(-c3ccccc3)no2)cc1Cl. The van der Waals surface area contributed by atoms with Crippen LogP contribution >= 0.6 is 11.6 Å². The lowest BCUT2D eigenvalue weighted by atomic mass is 10.1. The molecule has 0 bridgehead atoms. The molecular formula is C20H17ClN4O3S. The first-order chi connectivity index (χ1) is 14.0. The molecule has 0 aliphatic carbocycles. The van der Waals surface area contributed by atoms with Crippen molar-refractivity contribution >= 4 is 21.6 Å². The van der Waals surface area contributed by atoms with Gasteiger partial charge in [-0.2, -0.15) is 14.6 Å². The molecule has 148 valence electrons. The summed E-state index contributed by atoms with van der Waals surface area (Å²) in [6.45, 7) is 0.341. The topological polar surface area (TPSA) is 100 Å². The van der Waals surface area contributed by atoms with Crippen molar-refractivity contribution in [3.63, 3.8) is 0 Å². The zero-order valence-corrected chi connectivity index (χ0v) is 16.9. The Morgan fingerprint density at radius 2 is 1.97 bits per heavy atom. The molecule has 0 radical (unpaired) electrons. The van der Waals surface area contributed by atoms with Gasteiger partial charge in [0.2, 0.25) is 21.7 Å². The average Bonchev–Trinajstić information content (AvgIpc) is 3.24. The Kier molecular flexibility index (Phi) is 5.37. The number of hydrogen-bond acceptors (Lipinski definition) is 6. The highest BCUT2D eigenvalue weighted by Crippen LogP contribution is 2.36. The van der Waals surface area contributed by atoms with E-state index in [0.29, 0.717) is 18.8 Å². The molecule has 9 heteroatoms. The second-order valence-electron chi connectivity index (χ2n) is 6.70. The van der Waals surface area contributed by atoms with Crippen LogP contribution in [0.15, 0.2) is 57.9 Å². The first kappa shape index (κ1) is 19.6. The van der Waals surface area contributed by atoms with Crippen molar-refractivity contribution in [3.8, 4) is 17.5 Å². The summed E-state index contributed by atoms with van der Waals surface area (Å²) in [5, 5.41) is 13.2. The summed E-state index contributed by atoms with van der Waals surface area (Å²) in [5.74, 6) is 0.691. The Morgan fingerprint density at radius 3 is 2.69 bits per heavy atom. The molecule has 0 N–H and O–H groups in total. The van der Waals surface area contributed by atoms with E-state index in [0.717, 1.165) is 18.4 Å². The minimum atomic E-state index is -3.85. The van der Waals surface area contributed by atoms with Crippen LogP contribution in [-0.2, 0) is 10.0 Å². The third kappa shape index (κ3) is 3.77. The lowest BCUT2D eigenvalue weighted by Gasteiger charge is -2.32. The molecule has 4 rings (SSSR count). The first-order valence-corrected chi connectivity index (χ1v) is 10.9. The average molecular weight is 429 g/mol. The Morgan fingerprint density at radius 1 is 1.17 bits per heavy atom. The highest BCUT2D eigenvalue weighted by Gasteiger charge is 2.37. The van der Waals surface area contributed by atoms with Gasteiger partial charge in [0.25, 0.3) is 0 Å². The number of halogens is 1. The van der Waals surface area contributed by atoms with Crippen LogP contribution in [0.1, 0.15) is 36.8 Å². The van der Waals surface area contributed by atoms with Gasteiger partial charge in [0.1, 0.15) is 12.1 Å². The lowest BCUT2D eigenvalue weighted by molar-refractivity contribution is 0.204. The molecule has 7 nitrogen and oxygen atoms in total. The number of sulfonamides is 1. The standard InChI is InChI=1S/C20H17ClN4O3S/c21-17-12-16(10-9-15(17)13-22)29(26,27)25-11-5-4-8-18(25)20-23-19(24-28-20)14-6-2-1-3-7-14/h1-3,6-7,9-10,12,18H,4-5,8,11H2. The van der Waals surface area contributed by atoms with Crippen LogP contribution in [0.2, 0.25) is 5.02 Å². The van der Waals surface area contributed by atoms with E-state index in [1.54, 1.807) is 0 Å². The van der Waals surface area contributed by atoms with Gasteiger partial charge in [-0.05, 0) is 31.0 Å². The smallest absolute Gasteiger partial charge is 0.245 e. The predicted molar refractivity (Wildman–Crippen MR) is 106 cm³/mol. The summed E-state index contributed by atoms with van der Waals surface area (Å²) in [6.07, 6.45) is 2.17. The van der Waals surface area contributed by atoms with E-state index < -0.39 is 16.1 Å². The molecule has 3 aromatic rings. The van der Waals surface area contributed by atoms with Crippen LogP contribution in [0.25, 0.3) is 11.4 Å². The van der Waals surface area contributed by atoms with Crippen LogP contribution in [0, 0.1) is 11.3 Å². The van der Waals surface area contributed by atoms with Gasteiger partial charge >= 0.3 is 0 Å². The number of benzene rings is 2. The van der Waals surface area contributed by atoms with Gasteiger partial charge < -0.3 is 4.52 Å². The summed E-state index contributed by atoms with van der Waals surface area (Å²) in [7, 11) is -3.85. The third-order valence-electron chi connectivity index (χ3n) is 4.88. The van der Waals surface area contributed by atoms with Crippen molar-refractivity contribution in [3.05, 3.63) is 65.0 Å². The quantitative estimate of drug-likeness (QED) is 0.618. The molecule has 1 atom stereocenters. The summed E-state index contributed by atoms with van der Waals surface area (Å²) < 4.78 is 33.4. The fourth-order valence-corrected chi connectivity index (χ4v) is 5.36. The van der Waals surface area contributed by atoms with Crippen LogP contribution < -0.4 is 0 Å². The van der Waals surface area contributed by atoms with E-state index in [4.69, 9.17) is 21.4 Å². The van der Waals surface area contributed by atoms with E-state index >= 15 is 0 Å². The zero-order chi connectivity index (χ0) is 20.4. The Hall–Kier alpha value is -2.73.